The van der Waals surface area contributed by atoms with Crippen molar-refractivity contribution in [2.24, 2.45) is 7.05 Å². The third-order valence-electron chi connectivity index (χ3n) is 3.47. The molecule has 1 aliphatic heterocycles. The summed E-state index contributed by atoms with van der Waals surface area (Å²) in [7, 11) is -1.82. The summed E-state index contributed by atoms with van der Waals surface area (Å²) in [4.78, 5) is 11.9. The van der Waals surface area contributed by atoms with Crippen LogP contribution in [0.4, 0.5) is 0 Å². The van der Waals surface area contributed by atoms with Gasteiger partial charge < -0.3 is 0 Å². The van der Waals surface area contributed by atoms with Gasteiger partial charge in [-0.25, -0.2) is 12.7 Å². The van der Waals surface area contributed by atoms with E-state index in [1.807, 2.05) is 6.92 Å². The van der Waals surface area contributed by atoms with E-state index in [1.54, 1.807) is 11.7 Å². The maximum atomic E-state index is 12.0. The van der Waals surface area contributed by atoms with Gasteiger partial charge in [-0.05, 0) is 36.2 Å². The molecule has 1 aromatic heterocycles. The summed E-state index contributed by atoms with van der Waals surface area (Å²) in [6.45, 7) is 4.84. The molecule has 0 N–H and O–H groups in total. The van der Waals surface area contributed by atoms with Crippen LogP contribution in [0, 0.1) is 0 Å². The lowest BCUT2D eigenvalue weighted by molar-refractivity contribution is -0.132. The van der Waals surface area contributed by atoms with Crippen LogP contribution in [0.25, 0.3) is 0 Å². The summed E-state index contributed by atoms with van der Waals surface area (Å²) in [6, 6.07) is 0. The highest BCUT2D eigenvalue weighted by Gasteiger charge is 2.60. The largest absolute Gasteiger partial charge is 0.272 e. The molecule has 8 heteroatoms. The summed E-state index contributed by atoms with van der Waals surface area (Å²) in [5.41, 5.74) is 1.53. The van der Waals surface area contributed by atoms with Crippen molar-refractivity contribution in [1.82, 2.24) is 14.1 Å². The number of aromatic nitrogens is 2. The summed E-state index contributed by atoms with van der Waals surface area (Å²) in [6.07, 6.45) is 0.737. The van der Waals surface area contributed by atoms with Gasteiger partial charge in [-0.1, -0.05) is 6.92 Å². The average molecular weight is 350 g/mol. The second-order valence-electron chi connectivity index (χ2n) is 5.01. The van der Waals surface area contributed by atoms with Crippen molar-refractivity contribution < 1.29 is 13.2 Å². The zero-order valence-corrected chi connectivity index (χ0v) is 13.7. The van der Waals surface area contributed by atoms with Gasteiger partial charge in [0, 0.05) is 7.05 Å². The maximum absolute atomic E-state index is 12.0. The molecule has 1 saturated heterocycles. The van der Waals surface area contributed by atoms with Crippen LogP contribution in [0.3, 0.4) is 0 Å². The number of sulfonamides is 1. The molecule has 0 atom stereocenters. The Labute approximate surface area is 121 Å². The lowest BCUT2D eigenvalue weighted by Gasteiger charge is -2.42. The van der Waals surface area contributed by atoms with Gasteiger partial charge in [-0.15, -0.1) is 0 Å². The monoisotopic (exact) mass is 349 g/mol. The van der Waals surface area contributed by atoms with Crippen LogP contribution < -0.4 is 0 Å². The van der Waals surface area contributed by atoms with E-state index in [9.17, 15) is 13.2 Å². The quantitative estimate of drug-likeness (QED) is 0.821. The number of halogens is 1. The van der Waals surface area contributed by atoms with Crippen LogP contribution in [0.2, 0.25) is 0 Å². The second-order valence-corrected chi connectivity index (χ2v) is 8.22. The van der Waals surface area contributed by atoms with Crippen molar-refractivity contribution in [1.29, 1.82) is 0 Å². The Morgan fingerprint density at radius 2 is 1.95 bits per heavy atom. The molecule has 19 heavy (non-hydrogen) atoms. The van der Waals surface area contributed by atoms with Crippen molar-refractivity contribution in [2.75, 3.05) is 0 Å². The van der Waals surface area contributed by atoms with E-state index in [4.69, 9.17) is 0 Å². The molecule has 1 amide bonds. The molecule has 0 aromatic carbocycles. The molecule has 2 heterocycles. The van der Waals surface area contributed by atoms with E-state index < -0.39 is 14.8 Å². The molecule has 0 saturated carbocycles. The highest BCUT2D eigenvalue weighted by Crippen LogP contribution is 2.37. The fraction of sp³-hybridized carbons (Fsp3) is 0.636. The number of nitrogens with zero attached hydrogens (tertiary/aromatic N) is 3. The predicted molar refractivity (Wildman–Crippen MR) is 73.8 cm³/mol. The molecule has 1 aliphatic rings. The Kier molecular flexibility index (Phi) is 3.29. The lowest BCUT2D eigenvalue weighted by Crippen LogP contribution is -2.66. The smallest absolute Gasteiger partial charge is 0.259 e. The van der Waals surface area contributed by atoms with Gasteiger partial charge in [0.2, 0.25) is 0 Å². The Balaban J connectivity index is 2.35. The lowest BCUT2D eigenvalue weighted by atomic mass is 10.2. The molecule has 0 unspecified atom stereocenters. The standard InChI is InChI=1S/C11H16BrN3O3S/c1-5-7-9(12)8(14(4)13-7)6-15-10(16)11(2,3)19(15,17)18/h5-6H2,1-4H3. The Morgan fingerprint density at radius 3 is 2.37 bits per heavy atom. The fourth-order valence-corrected chi connectivity index (χ4v) is 4.27. The van der Waals surface area contributed by atoms with Crippen molar-refractivity contribution in [2.45, 2.75) is 38.5 Å². The predicted octanol–water partition coefficient (Wildman–Crippen LogP) is 1.20. The van der Waals surface area contributed by atoms with Gasteiger partial charge in [0.15, 0.2) is 4.75 Å². The van der Waals surface area contributed by atoms with E-state index in [-0.39, 0.29) is 12.5 Å². The molecule has 6 nitrogen and oxygen atoms in total. The van der Waals surface area contributed by atoms with E-state index >= 15 is 0 Å². The number of hydrogen-bond acceptors (Lipinski definition) is 4. The Hall–Kier alpha value is -0.890. The minimum Gasteiger partial charge on any atom is -0.272 e. The van der Waals surface area contributed by atoms with Crippen molar-refractivity contribution >= 4 is 31.9 Å². The molecule has 0 aliphatic carbocycles. The van der Waals surface area contributed by atoms with E-state index in [0.717, 1.165) is 20.9 Å². The Bertz CT molecular complexity index is 648. The van der Waals surface area contributed by atoms with E-state index in [0.29, 0.717) is 5.69 Å². The Morgan fingerprint density at radius 1 is 1.37 bits per heavy atom. The van der Waals surface area contributed by atoms with Crippen LogP contribution in [0.5, 0.6) is 0 Å². The average Bonchev–Trinajstić information content (AvgIpc) is 2.60. The number of carbonyl (C=O) groups is 1. The molecule has 0 bridgehead atoms. The first-order valence-electron chi connectivity index (χ1n) is 5.91. The van der Waals surface area contributed by atoms with Gasteiger partial charge in [-0.3, -0.25) is 9.48 Å². The van der Waals surface area contributed by atoms with Crippen LogP contribution >= 0.6 is 15.9 Å². The van der Waals surface area contributed by atoms with Gasteiger partial charge in [0.05, 0.1) is 22.4 Å². The first-order chi connectivity index (χ1) is 8.64. The normalized spacial score (nSPS) is 20.5. The highest BCUT2D eigenvalue weighted by molar-refractivity contribution is 9.10. The number of hydrogen-bond donors (Lipinski definition) is 0. The molecule has 0 radical (unpaired) electrons. The van der Waals surface area contributed by atoms with Crippen LogP contribution in [0.15, 0.2) is 4.47 Å². The third kappa shape index (κ3) is 1.84. The fourth-order valence-electron chi connectivity index (χ4n) is 2.04. The van der Waals surface area contributed by atoms with Crippen molar-refractivity contribution in [3.8, 4) is 0 Å². The number of amides is 1. The zero-order valence-electron chi connectivity index (χ0n) is 11.3. The SMILES string of the molecule is CCc1nn(C)c(CN2C(=O)C(C)(C)S2(=O)=O)c1Br. The molecule has 1 fully saturated rings. The van der Waals surface area contributed by atoms with Gasteiger partial charge >= 0.3 is 0 Å². The zero-order chi connectivity index (χ0) is 14.6. The topological polar surface area (TPSA) is 72.3 Å². The van der Waals surface area contributed by atoms with Gasteiger partial charge in [0.1, 0.15) is 0 Å². The van der Waals surface area contributed by atoms with Crippen molar-refractivity contribution in [3.63, 3.8) is 0 Å². The molecule has 2 rings (SSSR count). The molecule has 106 valence electrons. The highest BCUT2D eigenvalue weighted by atomic mass is 79.9. The van der Waals surface area contributed by atoms with Crippen LogP contribution in [-0.4, -0.2) is 33.2 Å². The number of aryl methyl sites for hydroxylation is 2. The summed E-state index contributed by atoms with van der Waals surface area (Å²) in [5.74, 6) is -0.376. The minimum atomic E-state index is -3.56. The third-order valence-corrected chi connectivity index (χ3v) is 6.73. The summed E-state index contributed by atoms with van der Waals surface area (Å²) in [5, 5.41) is 4.29. The van der Waals surface area contributed by atoms with E-state index in [2.05, 4.69) is 21.0 Å². The molecular formula is C11H16BrN3O3S. The summed E-state index contributed by atoms with van der Waals surface area (Å²) >= 11 is 3.41. The minimum absolute atomic E-state index is 0.0225. The first kappa shape index (κ1) is 14.5. The number of rotatable bonds is 3. The molecule has 1 aromatic rings. The van der Waals surface area contributed by atoms with E-state index in [1.165, 1.54) is 13.8 Å². The number of carbonyl (C=O) groups excluding carboxylic acids is 1. The second kappa shape index (κ2) is 4.31. The maximum Gasteiger partial charge on any atom is 0.259 e. The van der Waals surface area contributed by atoms with Crippen molar-refractivity contribution in [3.05, 3.63) is 15.9 Å². The van der Waals surface area contributed by atoms with Crippen LogP contribution in [-0.2, 0) is 34.8 Å². The first-order valence-corrected chi connectivity index (χ1v) is 8.14. The van der Waals surface area contributed by atoms with Gasteiger partial charge in [0.25, 0.3) is 15.9 Å². The summed E-state index contributed by atoms with van der Waals surface area (Å²) < 4.78 is 26.1. The molecule has 0 spiro atoms. The molecular weight excluding hydrogens is 334 g/mol. The van der Waals surface area contributed by atoms with Crippen LogP contribution in [0.1, 0.15) is 32.2 Å². The van der Waals surface area contributed by atoms with Gasteiger partial charge in [-0.2, -0.15) is 5.10 Å².